The third kappa shape index (κ3) is 2.50. The van der Waals surface area contributed by atoms with Gasteiger partial charge in [0.25, 0.3) is 5.91 Å². The highest BCUT2D eigenvalue weighted by Gasteiger charge is 2.17. The number of carbonyl (C=O) groups is 1. The molecule has 0 radical (unpaired) electrons. The first-order valence-corrected chi connectivity index (χ1v) is 6.02. The largest absolute Gasteiger partial charge is 0.335 e. The zero-order valence-corrected chi connectivity index (χ0v) is 10.7. The second-order valence-corrected chi connectivity index (χ2v) is 4.73. The minimum atomic E-state index is 0.0758. The van der Waals surface area contributed by atoms with Crippen molar-refractivity contribution in [2.24, 2.45) is 0 Å². The van der Waals surface area contributed by atoms with E-state index in [1.165, 1.54) is 5.57 Å². The van der Waals surface area contributed by atoms with Gasteiger partial charge in [-0.05, 0) is 41.4 Å². The predicted molar refractivity (Wildman–Crippen MR) is 66.2 cm³/mol. The van der Waals surface area contributed by atoms with Crippen LogP contribution in [-0.4, -0.2) is 28.9 Å². The van der Waals surface area contributed by atoms with E-state index in [0.29, 0.717) is 16.7 Å². The molecule has 16 heavy (non-hydrogen) atoms. The van der Waals surface area contributed by atoms with Crippen molar-refractivity contribution >= 4 is 21.8 Å². The van der Waals surface area contributed by atoms with Gasteiger partial charge in [-0.25, -0.2) is 4.98 Å². The van der Waals surface area contributed by atoms with Crippen LogP contribution in [0.4, 0.5) is 0 Å². The smallest absolute Gasteiger partial charge is 0.254 e. The van der Waals surface area contributed by atoms with Gasteiger partial charge in [0.2, 0.25) is 0 Å². The molecule has 0 spiro atoms. The number of halogens is 1. The van der Waals surface area contributed by atoms with E-state index in [0.717, 1.165) is 13.0 Å². The average molecular weight is 281 g/mol. The van der Waals surface area contributed by atoms with Crippen molar-refractivity contribution < 1.29 is 4.79 Å². The molecule has 0 aliphatic carbocycles. The van der Waals surface area contributed by atoms with Crippen LogP contribution in [0.5, 0.6) is 0 Å². The Morgan fingerprint density at radius 3 is 3.00 bits per heavy atom. The van der Waals surface area contributed by atoms with Crippen LogP contribution in [0.1, 0.15) is 23.7 Å². The monoisotopic (exact) mass is 280 g/mol. The fourth-order valence-electron chi connectivity index (χ4n) is 1.67. The maximum atomic E-state index is 12.1. The molecule has 1 amide bonds. The quantitative estimate of drug-likeness (QED) is 0.585. The average Bonchev–Trinajstić information content (AvgIpc) is 2.29. The Bertz CT molecular complexity index is 442. The number of hydrogen-bond acceptors (Lipinski definition) is 2. The highest BCUT2D eigenvalue weighted by molar-refractivity contribution is 9.10. The van der Waals surface area contributed by atoms with E-state index < -0.39 is 0 Å². The lowest BCUT2D eigenvalue weighted by atomic mass is 10.1. The van der Waals surface area contributed by atoms with Crippen molar-refractivity contribution in [1.29, 1.82) is 0 Å². The summed E-state index contributed by atoms with van der Waals surface area (Å²) in [6.45, 7) is 3.62. The summed E-state index contributed by atoms with van der Waals surface area (Å²) < 4.78 is 0.696. The molecule has 1 aromatic rings. The molecule has 0 saturated heterocycles. The Labute approximate surface area is 103 Å². The predicted octanol–water partition coefficient (Wildman–Crippen LogP) is 2.64. The fourth-order valence-corrected chi connectivity index (χ4v) is 2.04. The second-order valence-electron chi connectivity index (χ2n) is 3.92. The van der Waals surface area contributed by atoms with E-state index in [9.17, 15) is 4.79 Å². The van der Waals surface area contributed by atoms with E-state index in [1.54, 1.807) is 18.3 Å². The summed E-state index contributed by atoms with van der Waals surface area (Å²) in [7, 11) is 0. The van der Waals surface area contributed by atoms with Crippen LogP contribution in [0.3, 0.4) is 0 Å². The molecule has 2 rings (SSSR count). The lowest BCUT2D eigenvalue weighted by Crippen LogP contribution is -2.34. The molecule has 0 saturated carbocycles. The topological polar surface area (TPSA) is 33.2 Å². The molecule has 1 aliphatic heterocycles. The van der Waals surface area contributed by atoms with Crippen molar-refractivity contribution in [3.05, 3.63) is 40.1 Å². The Balaban J connectivity index is 2.14. The third-order valence-corrected chi connectivity index (χ3v) is 3.13. The van der Waals surface area contributed by atoms with Gasteiger partial charge >= 0.3 is 0 Å². The van der Waals surface area contributed by atoms with Gasteiger partial charge in [0.05, 0.1) is 0 Å². The molecule has 1 aromatic heterocycles. The van der Waals surface area contributed by atoms with Crippen LogP contribution in [0.15, 0.2) is 34.6 Å². The van der Waals surface area contributed by atoms with E-state index >= 15 is 0 Å². The van der Waals surface area contributed by atoms with Crippen molar-refractivity contribution in [2.75, 3.05) is 13.1 Å². The molecule has 4 heteroatoms. The Morgan fingerprint density at radius 2 is 2.38 bits per heavy atom. The molecular weight excluding hydrogens is 268 g/mol. The number of amides is 1. The molecule has 84 valence electrons. The van der Waals surface area contributed by atoms with Crippen molar-refractivity contribution in [3.8, 4) is 0 Å². The molecular formula is C12H13BrN2O. The Hall–Kier alpha value is -1.16. The van der Waals surface area contributed by atoms with E-state index in [4.69, 9.17) is 0 Å². The molecule has 0 atom stereocenters. The van der Waals surface area contributed by atoms with E-state index in [-0.39, 0.29) is 5.91 Å². The van der Waals surface area contributed by atoms with Crippen molar-refractivity contribution in [2.45, 2.75) is 13.3 Å². The SMILES string of the molecule is CC1=CCN(C(=O)c2ccnc(Br)c2)CC1. The normalized spacial score (nSPS) is 15.9. The number of hydrogen-bond donors (Lipinski definition) is 0. The minimum absolute atomic E-state index is 0.0758. The fraction of sp³-hybridized carbons (Fsp3) is 0.333. The summed E-state index contributed by atoms with van der Waals surface area (Å²) in [6, 6.07) is 3.51. The van der Waals surface area contributed by atoms with Gasteiger partial charge in [0.15, 0.2) is 0 Å². The van der Waals surface area contributed by atoms with Gasteiger partial charge in [-0.3, -0.25) is 4.79 Å². The maximum absolute atomic E-state index is 12.1. The van der Waals surface area contributed by atoms with Crippen molar-refractivity contribution in [3.63, 3.8) is 0 Å². The lowest BCUT2D eigenvalue weighted by molar-refractivity contribution is 0.0769. The second kappa shape index (κ2) is 4.78. The third-order valence-electron chi connectivity index (χ3n) is 2.70. The molecule has 0 fully saturated rings. The first kappa shape index (κ1) is 11.3. The first-order valence-electron chi connectivity index (χ1n) is 5.23. The van der Waals surface area contributed by atoms with Gasteiger partial charge in [-0.15, -0.1) is 0 Å². The summed E-state index contributed by atoms with van der Waals surface area (Å²) >= 11 is 3.27. The molecule has 2 heterocycles. The summed E-state index contributed by atoms with van der Waals surface area (Å²) in [5.41, 5.74) is 2.05. The van der Waals surface area contributed by atoms with Gasteiger partial charge in [-0.2, -0.15) is 0 Å². The number of aromatic nitrogens is 1. The molecule has 1 aliphatic rings. The molecule has 0 N–H and O–H groups in total. The number of nitrogens with zero attached hydrogens (tertiary/aromatic N) is 2. The van der Waals surface area contributed by atoms with Gasteiger partial charge < -0.3 is 4.90 Å². The summed E-state index contributed by atoms with van der Waals surface area (Å²) in [4.78, 5) is 18.0. The van der Waals surface area contributed by atoms with Crippen LogP contribution in [0.25, 0.3) is 0 Å². The minimum Gasteiger partial charge on any atom is -0.335 e. The van der Waals surface area contributed by atoms with Crippen LogP contribution in [0, 0.1) is 0 Å². The Kier molecular flexibility index (Phi) is 3.39. The lowest BCUT2D eigenvalue weighted by Gasteiger charge is -2.25. The zero-order chi connectivity index (χ0) is 11.5. The first-order chi connectivity index (χ1) is 7.66. The maximum Gasteiger partial charge on any atom is 0.254 e. The van der Waals surface area contributed by atoms with Crippen LogP contribution in [-0.2, 0) is 0 Å². The summed E-state index contributed by atoms with van der Waals surface area (Å²) in [5.74, 6) is 0.0758. The number of rotatable bonds is 1. The van der Waals surface area contributed by atoms with Crippen LogP contribution < -0.4 is 0 Å². The zero-order valence-electron chi connectivity index (χ0n) is 9.11. The molecule has 0 unspecified atom stereocenters. The van der Waals surface area contributed by atoms with Gasteiger partial charge in [-0.1, -0.05) is 11.6 Å². The highest BCUT2D eigenvalue weighted by atomic mass is 79.9. The van der Waals surface area contributed by atoms with Gasteiger partial charge in [0, 0.05) is 24.8 Å². The van der Waals surface area contributed by atoms with Gasteiger partial charge in [0.1, 0.15) is 4.60 Å². The summed E-state index contributed by atoms with van der Waals surface area (Å²) in [6.07, 6.45) is 4.72. The Morgan fingerprint density at radius 1 is 1.56 bits per heavy atom. The summed E-state index contributed by atoms with van der Waals surface area (Å²) in [5, 5.41) is 0. The van der Waals surface area contributed by atoms with E-state index in [2.05, 4.69) is 33.9 Å². The standard InChI is InChI=1S/C12H13BrN2O/c1-9-3-6-15(7-4-9)12(16)10-2-5-14-11(13)8-10/h2-3,5,8H,4,6-7H2,1H3. The van der Waals surface area contributed by atoms with Crippen LogP contribution in [0.2, 0.25) is 0 Å². The van der Waals surface area contributed by atoms with E-state index in [1.807, 2.05) is 4.90 Å². The number of carbonyl (C=O) groups excluding carboxylic acids is 1. The molecule has 0 bridgehead atoms. The van der Waals surface area contributed by atoms with Crippen LogP contribution >= 0.6 is 15.9 Å². The molecule has 0 aromatic carbocycles. The van der Waals surface area contributed by atoms with Crippen molar-refractivity contribution in [1.82, 2.24) is 9.88 Å². The highest BCUT2D eigenvalue weighted by Crippen LogP contribution is 2.15. The number of pyridine rings is 1. The molecule has 3 nitrogen and oxygen atoms in total.